The number of hydrogen-bond acceptors (Lipinski definition) is 4. The van der Waals surface area contributed by atoms with Crippen LogP contribution in [0.25, 0.3) is 5.69 Å². The number of nitrogens with zero attached hydrogens (tertiary/aromatic N) is 4. The van der Waals surface area contributed by atoms with Crippen LogP contribution >= 0.6 is 0 Å². The van der Waals surface area contributed by atoms with E-state index in [2.05, 4.69) is 53.0 Å². The Morgan fingerprint density at radius 1 is 1.17 bits per heavy atom. The second-order valence-corrected chi connectivity index (χ2v) is 6.47. The highest BCUT2D eigenvalue weighted by molar-refractivity contribution is 5.35. The van der Waals surface area contributed by atoms with Crippen molar-refractivity contribution in [1.29, 1.82) is 0 Å². The van der Waals surface area contributed by atoms with Gasteiger partial charge in [-0.05, 0) is 37.6 Å². The van der Waals surface area contributed by atoms with Gasteiger partial charge in [0, 0.05) is 50.7 Å². The van der Waals surface area contributed by atoms with Gasteiger partial charge in [-0.3, -0.25) is 9.80 Å². The number of aliphatic hydroxyl groups is 1. The van der Waals surface area contributed by atoms with Crippen LogP contribution in [0, 0.1) is 0 Å². The summed E-state index contributed by atoms with van der Waals surface area (Å²) in [6.07, 6.45) is 3.77. The second-order valence-electron chi connectivity index (χ2n) is 6.47. The van der Waals surface area contributed by atoms with Crippen LogP contribution in [0.5, 0.6) is 0 Å². The van der Waals surface area contributed by atoms with Crippen molar-refractivity contribution >= 4 is 0 Å². The first-order valence-electron chi connectivity index (χ1n) is 8.35. The number of aliphatic hydroxyl groups excluding tert-OH is 1. The molecule has 0 amide bonds. The molecular weight excluding hydrogens is 288 g/mol. The van der Waals surface area contributed by atoms with Gasteiger partial charge in [0.1, 0.15) is 0 Å². The largest absolute Gasteiger partial charge is 0.395 e. The van der Waals surface area contributed by atoms with Crippen molar-refractivity contribution in [3.8, 4) is 5.69 Å². The molecule has 124 valence electrons. The summed E-state index contributed by atoms with van der Waals surface area (Å²) in [5, 5.41) is 13.5. The summed E-state index contributed by atoms with van der Waals surface area (Å²) in [6, 6.07) is 11.5. The molecule has 23 heavy (non-hydrogen) atoms. The number of aromatic nitrogens is 2. The van der Waals surface area contributed by atoms with E-state index in [9.17, 15) is 5.11 Å². The minimum Gasteiger partial charge on any atom is -0.395 e. The Labute approximate surface area is 138 Å². The molecule has 1 aromatic carbocycles. The van der Waals surface area contributed by atoms with Crippen LogP contribution in [-0.4, -0.2) is 63.0 Å². The van der Waals surface area contributed by atoms with E-state index in [4.69, 9.17) is 0 Å². The molecule has 0 aliphatic carbocycles. The van der Waals surface area contributed by atoms with E-state index in [1.807, 2.05) is 16.9 Å². The van der Waals surface area contributed by atoms with Gasteiger partial charge >= 0.3 is 0 Å². The highest BCUT2D eigenvalue weighted by Crippen LogP contribution is 2.18. The lowest BCUT2D eigenvalue weighted by Crippen LogP contribution is -2.56. The maximum absolute atomic E-state index is 9.21. The molecule has 0 bridgehead atoms. The van der Waals surface area contributed by atoms with Crippen molar-refractivity contribution in [3.05, 3.63) is 48.3 Å². The van der Waals surface area contributed by atoms with E-state index < -0.39 is 0 Å². The van der Waals surface area contributed by atoms with Crippen LogP contribution in [0.3, 0.4) is 0 Å². The zero-order valence-corrected chi connectivity index (χ0v) is 14.0. The zero-order valence-electron chi connectivity index (χ0n) is 14.0. The number of piperazine rings is 1. The van der Waals surface area contributed by atoms with Crippen molar-refractivity contribution in [2.75, 3.05) is 26.2 Å². The van der Waals surface area contributed by atoms with Gasteiger partial charge in [0.15, 0.2) is 0 Å². The van der Waals surface area contributed by atoms with Crippen molar-refractivity contribution in [2.24, 2.45) is 0 Å². The Balaban J connectivity index is 1.67. The smallest absolute Gasteiger partial charge is 0.0648 e. The molecule has 0 spiro atoms. The van der Waals surface area contributed by atoms with Gasteiger partial charge < -0.3 is 5.11 Å². The Bertz CT molecular complexity index is 601. The topological polar surface area (TPSA) is 44.5 Å². The fraction of sp³-hybridized carbons (Fsp3) is 0.500. The molecule has 1 saturated heterocycles. The summed E-state index contributed by atoms with van der Waals surface area (Å²) in [5.41, 5.74) is 2.42. The Morgan fingerprint density at radius 3 is 2.61 bits per heavy atom. The normalized spacial score (nSPS) is 23.3. The quantitative estimate of drug-likeness (QED) is 0.913. The molecule has 1 aromatic heterocycles. The molecule has 2 heterocycles. The molecule has 1 N–H and O–H groups in total. The average molecular weight is 314 g/mol. The predicted molar refractivity (Wildman–Crippen MR) is 91.6 cm³/mol. The molecular formula is C18H26N4O. The van der Waals surface area contributed by atoms with Crippen LogP contribution in [0.4, 0.5) is 0 Å². The summed E-state index contributed by atoms with van der Waals surface area (Å²) >= 11 is 0. The van der Waals surface area contributed by atoms with E-state index in [1.54, 1.807) is 6.20 Å². The molecule has 2 aromatic rings. The summed E-state index contributed by atoms with van der Waals surface area (Å²) in [7, 11) is 0. The zero-order chi connectivity index (χ0) is 16.2. The molecule has 2 atom stereocenters. The van der Waals surface area contributed by atoms with Crippen molar-refractivity contribution in [2.45, 2.75) is 32.5 Å². The third kappa shape index (κ3) is 3.80. The summed E-state index contributed by atoms with van der Waals surface area (Å²) in [6.45, 7) is 8.53. The molecule has 1 fully saturated rings. The minimum atomic E-state index is 0.237. The van der Waals surface area contributed by atoms with E-state index in [0.29, 0.717) is 12.1 Å². The monoisotopic (exact) mass is 314 g/mol. The SMILES string of the molecule is C[C@@H]1CN(Cc2cccc(-n3cccn3)c2)C[C@H](C)N1CCO. The van der Waals surface area contributed by atoms with Gasteiger partial charge in [0.25, 0.3) is 0 Å². The van der Waals surface area contributed by atoms with Crippen molar-refractivity contribution < 1.29 is 5.11 Å². The number of benzene rings is 1. The molecule has 0 saturated carbocycles. The summed E-state index contributed by atoms with van der Waals surface area (Å²) in [4.78, 5) is 4.90. The summed E-state index contributed by atoms with van der Waals surface area (Å²) in [5.74, 6) is 0. The van der Waals surface area contributed by atoms with Gasteiger partial charge in [-0.25, -0.2) is 4.68 Å². The molecule has 3 rings (SSSR count). The van der Waals surface area contributed by atoms with Gasteiger partial charge in [-0.1, -0.05) is 12.1 Å². The molecule has 1 aliphatic heterocycles. The molecule has 0 unspecified atom stereocenters. The standard InChI is InChI=1S/C18H26N4O/c1-15-12-20(13-16(2)21(15)9-10-23)14-17-5-3-6-18(11-17)22-8-4-7-19-22/h3-8,11,15-16,23H,9-10,12-14H2,1-2H3/t15-,16+. The van der Waals surface area contributed by atoms with Crippen LogP contribution in [0.1, 0.15) is 19.4 Å². The van der Waals surface area contributed by atoms with Crippen molar-refractivity contribution in [1.82, 2.24) is 19.6 Å². The lowest BCUT2D eigenvalue weighted by atomic mass is 10.1. The lowest BCUT2D eigenvalue weighted by molar-refractivity contribution is 0.0238. The van der Waals surface area contributed by atoms with Crippen LogP contribution in [-0.2, 0) is 6.54 Å². The molecule has 0 radical (unpaired) electrons. The third-order valence-electron chi connectivity index (χ3n) is 4.62. The molecule has 1 aliphatic rings. The van der Waals surface area contributed by atoms with Gasteiger partial charge in [-0.2, -0.15) is 5.10 Å². The second kappa shape index (κ2) is 7.25. The first-order valence-corrected chi connectivity index (χ1v) is 8.35. The van der Waals surface area contributed by atoms with E-state index >= 15 is 0 Å². The highest BCUT2D eigenvalue weighted by atomic mass is 16.3. The van der Waals surface area contributed by atoms with Crippen LogP contribution < -0.4 is 0 Å². The van der Waals surface area contributed by atoms with E-state index in [-0.39, 0.29) is 6.61 Å². The fourth-order valence-electron chi connectivity index (χ4n) is 3.63. The molecule has 5 heteroatoms. The van der Waals surface area contributed by atoms with E-state index in [0.717, 1.165) is 31.9 Å². The maximum atomic E-state index is 9.21. The van der Waals surface area contributed by atoms with Gasteiger partial charge in [-0.15, -0.1) is 0 Å². The minimum absolute atomic E-state index is 0.237. The Morgan fingerprint density at radius 2 is 1.96 bits per heavy atom. The lowest BCUT2D eigenvalue weighted by Gasteiger charge is -2.44. The Kier molecular flexibility index (Phi) is 5.10. The van der Waals surface area contributed by atoms with Crippen molar-refractivity contribution in [3.63, 3.8) is 0 Å². The molecule has 5 nitrogen and oxygen atoms in total. The average Bonchev–Trinajstić information content (AvgIpc) is 3.06. The maximum Gasteiger partial charge on any atom is 0.0648 e. The fourth-order valence-corrected chi connectivity index (χ4v) is 3.63. The van der Waals surface area contributed by atoms with E-state index in [1.165, 1.54) is 5.56 Å². The van der Waals surface area contributed by atoms with Crippen LogP contribution in [0.15, 0.2) is 42.7 Å². The predicted octanol–water partition coefficient (Wildman–Crippen LogP) is 1.76. The number of β-amino-alcohol motifs (C(OH)–C–C–N with tert-alkyl or cyclic N) is 1. The van der Waals surface area contributed by atoms with Crippen LogP contribution in [0.2, 0.25) is 0 Å². The third-order valence-corrected chi connectivity index (χ3v) is 4.62. The first kappa shape index (κ1) is 16.2. The highest BCUT2D eigenvalue weighted by Gasteiger charge is 2.28. The number of rotatable bonds is 5. The number of hydrogen-bond donors (Lipinski definition) is 1. The van der Waals surface area contributed by atoms with Gasteiger partial charge in [0.2, 0.25) is 0 Å². The summed E-state index contributed by atoms with van der Waals surface area (Å²) < 4.78 is 1.90. The van der Waals surface area contributed by atoms with Gasteiger partial charge in [0.05, 0.1) is 12.3 Å². The first-order chi connectivity index (χ1) is 11.2. The Hall–Kier alpha value is -1.69.